The Labute approximate surface area is 132 Å². The van der Waals surface area contributed by atoms with Crippen molar-refractivity contribution in [1.29, 1.82) is 0 Å². The van der Waals surface area contributed by atoms with Crippen LogP contribution in [0.15, 0.2) is 27.6 Å². The maximum absolute atomic E-state index is 12.1. The van der Waals surface area contributed by atoms with Crippen LogP contribution in [0.25, 0.3) is 0 Å². The van der Waals surface area contributed by atoms with Crippen LogP contribution in [0.4, 0.5) is 0 Å². The summed E-state index contributed by atoms with van der Waals surface area (Å²) in [5, 5.41) is 0. The number of hydrogen-bond acceptors (Lipinski definition) is 4. The minimum Gasteiger partial charge on any atom is -0.598 e. The second-order valence-electron chi connectivity index (χ2n) is 5.68. The first-order chi connectivity index (χ1) is 8.93. The first kappa shape index (κ1) is 18.0. The molecule has 1 N–H and O–H groups in total. The molecule has 0 aliphatic rings. The molecule has 1 aromatic carbocycles. The van der Waals surface area contributed by atoms with Gasteiger partial charge >= 0.3 is 0 Å². The molecule has 0 radical (unpaired) electrons. The average molecular weight is 382 g/mol. The molecule has 0 aromatic heterocycles. The highest BCUT2D eigenvalue weighted by molar-refractivity contribution is 9.10. The van der Waals surface area contributed by atoms with Gasteiger partial charge in [-0.3, -0.25) is 0 Å². The van der Waals surface area contributed by atoms with Crippen molar-refractivity contribution in [3.05, 3.63) is 28.2 Å². The summed E-state index contributed by atoms with van der Waals surface area (Å²) in [6, 6.07) is 4.71. The highest BCUT2D eigenvalue weighted by Gasteiger charge is 2.28. The molecule has 1 rings (SSSR count). The van der Waals surface area contributed by atoms with Gasteiger partial charge in [-0.2, -0.15) is 0 Å². The Bertz CT molecular complexity index is 582. The number of benzene rings is 1. The van der Waals surface area contributed by atoms with Gasteiger partial charge in [-0.05, 0) is 45.4 Å². The van der Waals surface area contributed by atoms with Gasteiger partial charge in [0.15, 0.2) is 9.84 Å². The largest absolute Gasteiger partial charge is 0.598 e. The molecule has 0 amide bonds. The monoisotopic (exact) mass is 381 g/mol. The molecule has 0 spiro atoms. The molecule has 0 bridgehead atoms. The standard InChI is InChI=1S/C13H20BrNO3S2/c1-9(15-19(16)13(2,3)4)11-7-6-10(8-12(11)14)20(5,17)18/h6-9,15H,1-5H3/t9-,19?/m1/s1. The molecule has 0 aliphatic carbocycles. The van der Waals surface area contributed by atoms with Crippen LogP contribution in [0.5, 0.6) is 0 Å². The van der Waals surface area contributed by atoms with E-state index in [4.69, 9.17) is 0 Å². The van der Waals surface area contributed by atoms with Crippen molar-refractivity contribution >= 4 is 37.1 Å². The van der Waals surface area contributed by atoms with Crippen LogP contribution >= 0.6 is 15.9 Å². The normalized spacial score (nSPS) is 15.9. The van der Waals surface area contributed by atoms with Gasteiger partial charge in [-0.1, -0.05) is 22.0 Å². The van der Waals surface area contributed by atoms with Gasteiger partial charge in [0.1, 0.15) is 4.75 Å². The first-order valence-corrected chi connectivity index (χ1v) is 9.94. The Hall–Kier alpha value is -0.0800. The van der Waals surface area contributed by atoms with E-state index < -0.39 is 21.2 Å². The minimum absolute atomic E-state index is 0.155. The van der Waals surface area contributed by atoms with Gasteiger partial charge in [0.25, 0.3) is 0 Å². The number of halogens is 1. The van der Waals surface area contributed by atoms with E-state index in [1.807, 2.05) is 27.7 Å². The lowest BCUT2D eigenvalue weighted by molar-refractivity contribution is 0.531. The van der Waals surface area contributed by atoms with E-state index >= 15 is 0 Å². The van der Waals surface area contributed by atoms with Gasteiger partial charge in [-0.25, -0.2) is 8.42 Å². The van der Waals surface area contributed by atoms with E-state index in [2.05, 4.69) is 20.7 Å². The third-order valence-corrected chi connectivity index (χ3v) is 6.18. The van der Waals surface area contributed by atoms with Crippen LogP contribution in [-0.2, 0) is 21.2 Å². The Kier molecular flexibility index (Phi) is 5.71. The van der Waals surface area contributed by atoms with E-state index in [1.165, 1.54) is 6.26 Å². The van der Waals surface area contributed by atoms with E-state index in [0.717, 1.165) is 5.56 Å². The zero-order valence-electron chi connectivity index (χ0n) is 12.2. The SMILES string of the molecule is C[C@@H](N[S+]([O-])C(C)(C)C)c1ccc(S(C)(=O)=O)cc1Br. The fourth-order valence-electron chi connectivity index (χ4n) is 1.49. The van der Waals surface area contributed by atoms with Crippen molar-refractivity contribution in [3.63, 3.8) is 0 Å². The lowest BCUT2D eigenvalue weighted by Crippen LogP contribution is -2.40. The average Bonchev–Trinajstić information content (AvgIpc) is 2.25. The zero-order valence-corrected chi connectivity index (χ0v) is 15.4. The van der Waals surface area contributed by atoms with E-state index in [0.29, 0.717) is 4.47 Å². The van der Waals surface area contributed by atoms with Crippen molar-refractivity contribution < 1.29 is 13.0 Å². The minimum atomic E-state index is -3.22. The van der Waals surface area contributed by atoms with Crippen molar-refractivity contribution in [2.45, 2.75) is 43.4 Å². The van der Waals surface area contributed by atoms with Crippen LogP contribution in [0.2, 0.25) is 0 Å². The van der Waals surface area contributed by atoms with Crippen LogP contribution in [0, 0.1) is 0 Å². The number of sulfone groups is 1. The van der Waals surface area contributed by atoms with E-state index in [9.17, 15) is 13.0 Å². The second-order valence-corrected chi connectivity index (χ2v) is 10.5. The third-order valence-electron chi connectivity index (χ3n) is 2.71. The molecule has 0 saturated carbocycles. The Morgan fingerprint density at radius 3 is 2.30 bits per heavy atom. The lowest BCUT2D eigenvalue weighted by Gasteiger charge is -2.27. The van der Waals surface area contributed by atoms with E-state index in [-0.39, 0.29) is 15.7 Å². The maximum Gasteiger partial charge on any atom is 0.175 e. The molecule has 1 unspecified atom stereocenters. The summed E-state index contributed by atoms with van der Waals surface area (Å²) in [6.07, 6.45) is 1.17. The smallest absolute Gasteiger partial charge is 0.175 e. The Morgan fingerprint density at radius 2 is 1.90 bits per heavy atom. The third kappa shape index (κ3) is 4.73. The summed E-state index contributed by atoms with van der Waals surface area (Å²) < 4.78 is 38.4. The molecule has 20 heavy (non-hydrogen) atoms. The lowest BCUT2D eigenvalue weighted by atomic mass is 10.1. The summed E-state index contributed by atoms with van der Waals surface area (Å²) in [6.45, 7) is 7.57. The van der Waals surface area contributed by atoms with Crippen LogP contribution in [0.1, 0.15) is 39.3 Å². The highest BCUT2D eigenvalue weighted by atomic mass is 79.9. The molecule has 114 valence electrons. The van der Waals surface area contributed by atoms with Crippen LogP contribution in [-0.4, -0.2) is 24.0 Å². The molecule has 0 saturated heterocycles. The topological polar surface area (TPSA) is 69.2 Å². The quantitative estimate of drug-likeness (QED) is 0.813. The fourth-order valence-corrected chi connectivity index (χ4v) is 3.81. The molecular formula is C13H20BrNO3S2. The molecule has 1 aromatic rings. The highest BCUT2D eigenvalue weighted by Crippen LogP contribution is 2.28. The molecule has 0 aliphatic heterocycles. The summed E-state index contributed by atoms with van der Waals surface area (Å²) in [5.41, 5.74) is 0.870. The molecular weight excluding hydrogens is 362 g/mol. The van der Waals surface area contributed by atoms with Crippen LogP contribution < -0.4 is 4.72 Å². The van der Waals surface area contributed by atoms with Crippen molar-refractivity contribution in [2.24, 2.45) is 0 Å². The molecule has 4 nitrogen and oxygen atoms in total. The van der Waals surface area contributed by atoms with Gasteiger partial charge in [0, 0.05) is 22.1 Å². The zero-order chi connectivity index (χ0) is 15.7. The fraction of sp³-hybridized carbons (Fsp3) is 0.538. The molecule has 0 heterocycles. The van der Waals surface area contributed by atoms with Gasteiger partial charge in [0.05, 0.1) is 10.9 Å². The molecule has 0 fully saturated rings. The van der Waals surface area contributed by atoms with Gasteiger partial charge < -0.3 is 4.55 Å². The molecule has 7 heteroatoms. The number of nitrogens with one attached hydrogen (secondary N) is 1. The summed E-state index contributed by atoms with van der Waals surface area (Å²) >= 11 is 2.19. The predicted molar refractivity (Wildman–Crippen MR) is 86.7 cm³/mol. The molecule has 2 atom stereocenters. The van der Waals surface area contributed by atoms with Gasteiger partial charge in [-0.15, -0.1) is 4.72 Å². The predicted octanol–water partition coefficient (Wildman–Crippen LogP) is 2.97. The van der Waals surface area contributed by atoms with Crippen molar-refractivity contribution in [2.75, 3.05) is 6.26 Å². The van der Waals surface area contributed by atoms with E-state index in [1.54, 1.807) is 18.2 Å². The van der Waals surface area contributed by atoms with Crippen molar-refractivity contribution in [3.8, 4) is 0 Å². The van der Waals surface area contributed by atoms with Crippen molar-refractivity contribution in [1.82, 2.24) is 4.72 Å². The second kappa shape index (κ2) is 6.36. The summed E-state index contributed by atoms with van der Waals surface area (Å²) in [5.74, 6) is 0. The maximum atomic E-state index is 12.1. The first-order valence-electron chi connectivity index (χ1n) is 6.10. The number of rotatable bonds is 4. The summed E-state index contributed by atoms with van der Waals surface area (Å²) in [7, 11) is -3.22. The Balaban J connectivity index is 2.98. The van der Waals surface area contributed by atoms with Gasteiger partial charge in [0.2, 0.25) is 0 Å². The Morgan fingerprint density at radius 1 is 1.35 bits per heavy atom. The summed E-state index contributed by atoms with van der Waals surface area (Å²) in [4.78, 5) is 0.261. The number of hydrogen-bond donors (Lipinski definition) is 1. The van der Waals surface area contributed by atoms with Crippen LogP contribution in [0.3, 0.4) is 0 Å².